The van der Waals surface area contributed by atoms with E-state index in [2.05, 4.69) is 22.9 Å². The summed E-state index contributed by atoms with van der Waals surface area (Å²) < 4.78 is 0.678. The molecule has 1 aromatic heterocycles. The van der Waals surface area contributed by atoms with Crippen LogP contribution in [0.15, 0.2) is 9.85 Å². The van der Waals surface area contributed by atoms with E-state index in [0.29, 0.717) is 41.1 Å². The standard InChI is InChI=1S/C19H26BrNO4S/c1-11-2-4-12(5-3-11)18(23)21(13-6-8-14(22)9-7-13)15-10-16(20)26-17(15)19(24)25/h10-14,22H,2-9H2,1H3,(H,24,25)/p-1. The van der Waals surface area contributed by atoms with E-state index in [1.54, 1.807) is 11.0 Å². The third kappa shape index (κ3) is 4.31. The predicted octanol–water partition coefficient (Wildman–Crippen LogP) is 3.34. The topological polar surface area (TPSA) is 80.7 Å². The number of halogens is 1. The zero-order valence-corrected chi connectivity index (χ0v) is 17.4. The van der Waals surface area contributed by atoms with Gasteiger partial charge in [0.25, 0.3) is 0 Å². The Morgan fingerprint density at radius 1 is 1.15 bits per heavy atom. The Kier molecular flexibility index (Phi) is 6.41. The first kappa shape index (κ1) is 19.8. The van der Waals surface area contributed by atoms with Gasteiger partial charge in [-0.3, -0.25) is 4.79 Å². The second-order valence-corrected chi connectivity index (χ2v) is 10.1. The van der Waals surface area contributed by atoms with Crippen molar-refractivity contribution in [3.63, 3.8) is 0 Å². The minimum atomic E-state index is -1.25. The predicted molar refractivity (Wildman–Crippen MR) is 103 cm³/mol. The highest BCUT2D eigenvalue weighted by Crippen LogP contribution is 2.39. The number of carboxylic acid groups (broad SMARTS) is 1. The molecule has 0 aliphatic heterocycles. The van der Waals surface area contributed by atoms with Crippen molar-refractivity contribution in [2.75, 3.05) is 4.90 Å². The molecule has 26 heavy (non-hydrogen) atoms. The molecular formula is C19H25BrNO4S-. The third-order valence-electron chi connectivity index (χ3n) is 5.76. The molecule has 1 amide bonds. The summed E-state index contributed by atoms with van der Waals surface area (Å²) in [5.74, 6) is -0.620. The van der Waals surface area contributed by atoms with Gasteiger partial charge in [-0.15, -0.1) is 11.3 Å². The smallest absolute Gasteiger partial charge is 0.230 e. The first-order valence-electron chi connectivity index (χ1n) is 9.38. The molecule has 1 aromatic rings. The maximum Gasteiger partial charge on any atom is 0.230 e. The number of carbonyl (C=O) groups is 2. The lowest BCUT2D eigenvalue weighted by Crippen LogP contribution is -2.47. The van der Waals surface area contributed by atoms with Crippen molar-refractivity contribution in [3.05, 3.63) is 14.7 Å². The summed E-state index contributed by atoms with van der Waals surface area (Å²) in [4.78, 5) is 26.8. The molecule has 7 heteroatoms. The number of hydrogen-bond donors (Lipinski definition) is 1. The molecule has 0 spiro atoms. The van der Waals surface area contributed by atoms with Crippen molar-refractivity contribution in [2.45, 2.75) is 70.4 Å². The van der Waals surface area contributed by atoms with Crippen LogP contribution < -0.4 is 10.0 Å². The number of aliphatic hydroxyl groups excluding tert-OH is 1. The second kappa shape index (κ2) is 8.40. The van der Waals surface area contributed by atoms with Crippen molar-refractivity contribution >= 4 is 44.8 Å². The molecular weight excluding hydrogens is 418 g/mol. The van der Waals surface area contributed by atoms with Crippen LogP contribution in [-0.2, 0) is 4.79 Å². The molecule has 0 bridgehead atoms. The van der Waals surface area contributed by atoms with Crippen LogP contribution in [0.3, 0.4) is 0 Å². The summed E-state index contributed by atoms with van der Waals surface area (Å²) in [5, 5.41) is 21.4. The summed E-state index contributed by atoms with van der Waals surface area (Å²) in [5.41, 5.74) is 0.451. The number of nitrogens with zero attached hydrogens (tertiary/aromatic N) is 1. The van der Waals surface area contributed by atoms with Crippen LogP contribution in [0, 0.1) is 11.8 Å². The van der Waals surface area contributed by atoms with Crippen molar-refractivity contribution in [1.29, 1.82) is 0 Å². The summed E-state index contributed by atoms with van der Waals surface area (Å²) in [6.07, 6.45) is 6.13. The zero-order valence-electron chi connectivity index (χ0n) is 14.9. The molecule has 2 fully saturated rings. The molecule has 0 radical (unpaired) electrons. The van der Waals surface area contributed by atoms with Gasteiger partial charge in [0.15, 0.2) is 0 Å². The average Bonchev–Trinajstić information content (AvgIpc) is 2.99. The number of carbonyl (C=O) groups excluding carboxylic acids is 2. The second-order valence-electron chi connectivity index (χ2n) is 7.68. The van der Waals surface area contributed by atoms with Gasteiger partial charge in [-0.25, -0.2) is 0 Å². The minimum absolute atomic E-state index is 0.0334. The molecule has 1 N–H and O–H groups in total. The summed E-state index contributed by atoms with van der Waals surface area (Å²) in [7, 11) is 0. The van der Waals surface area contributed by atoms with Crippen molar-refractivity contribution in [1.82, 2.24) is 0 Å². The molecule has 0 aromatic carbocycles. The molecule has 0 unspecified atom stereocenters. The lowest BCUT2D eigenvalue weighted by molar-refractivity contribution is -0.254. The van der Waals surface area contributed by atoms with Crippen molar-refractivity contribution < 1.29 is 19.8 Å². The molecule has 2 saturated carbocycles. The fourth-order valence-corrected chi connectivity index (χ4v) is 5.61. The molecule has 5 nitrogen and oxygen atoms in total. The van der Waals surface area contributed by atoms with Crippen LogP contribution in [0.1, 0.15) is 68.0 Å². The number of aliphatic hydroxyl groups is 1. The van der Waals surface area contributed by atoms with Gasteiger partial charge in [0, 0.05) is 12.0 Å². The Labute approximate surface area is 166 Å². The van der Waals surface area contributed by atoms with E-state index < -0.39 is 5.97 Å². The highest BCUT2D eigenvalue weighted by molar-refractivity contribution is 9.11. The van der Waals surface area contributed by atoms with E-state index in [9.17, 15) is 19.8 Å². The van der Waals surface area contributed by atoms with Crippen LogP contribution in [0.4, 0.5) is 5.69 Å². The quantitative estimate of drug-likeness (QED) is 0.774. The lowest BCUT2D eigenvalue weighted by Gasteiger charge is -2.39. The van der Waals surface area contributed by atoms with Crippen LogP contribution in [0.25, 0.3) is 0 Å². The van der Waals surface area contributed by atoms with Crippen molar-refractivity contribution in [2.24, 2.45) is 11.8 Å². The molecule has 2 aliphatic rings. The van der Waals surface area contributed by atoms with Gasteiger partial charge < -0.3 is 19.9 Å². The summed E-state index contributed by atoms with van der Waals surface area (Å²) in [6, 6.07) is 1.66. The Morgan fingerprint density at radius 2 is 1.77 bits per heavy atom. The van der Waals surface area contributed by atoms with E-state index in [0.717, 1.165) is 37.0 Å². The first-order valence-corrected chi connectivity index (χ1v) is 11.0. The Bertz CT molecular complexity index is 660. The van der Waals surface area contributed by atoms with E-state index in [1.807, 2.05) is 0 Å². The Balaban J connectivity index is 1.92. The number of carboxylic acids is 1. The lowest BCUT2D eigenvalue weighted by atomic mass is 9.81. The fourth-order valence-electron chi connectivity index (χ4n) is 4.19. The number of aromatic carboxylic acids is 1. The normalized spacial score (nSPS) is 29.3. The number of hydrogen-bond acceptors (Lipinski definition) is 5. The van der Waals surface area contributed by atoms with Gasteiger partial charge in [0.1, 0.15) is 0 Å². The van der Waals surface area contributed by atoms with Gasteiger partial charge in [-0.1, -0.05) is 6.92 Å². The van der Waals surface area contributed by atoms with E-state index >= 15 is 0 Å². The van der Waals surface area contributed by atoms with Crippen LogP contribution in [-0.4, -0.2) is 29.1 Å². The highest BCUT2D eigenvalue weighted by atomic mass is 79.9. The monoisotopic (exact) mass is 442 g/mol. The van der Waals surface area contributed by atoms with Gasteiger partial charge in [0.05, 0.1) is 26.4 Å². The zero-order chi connectivity index (χ0) is 18.8. The Morgan fingerprint density at radius 3 is 2.35 bits per heavy atom. The molecule has 144 valence electrons. The fraction of sp³-hybridized carbons (Fsp3) is 0.684. The number of anilines is 1. The number of amides is 1. The number of rotatable bonds is 4. The van der Waals surface area contributed by atoms with E-state index in [-0.39, 0.29) is 28.8 Å². The average molecular weight is 443 g/mol. The number of thiophene rings is 1. The summed E-state index contributed by atoms with van der Waals surface area (Å²) >= 11 is 4.45. The molecule has 0 atom stereocenters. The SMILES string of the molecule is CC1CCC(C(=O)N(c2cc(Br)sc2C(=O)[O-])C2CCC(O)CC2)CC1. The first-order chi connectivity index (χ1) is 12.4. The van der Waals surface area contributed by atoms with Crippen molar-refractivity contribution in [3.8, 4) is 0 Å². The van der Waals surface area contributed by atoms with Crippen LogP contribution >= 0.6 is 27.3 Å². The van der Waals surface area contributed by atoms with Gasteiger partial charge >= 0.3 is 0 Å². The molecule has 2 aliphatic carbocycles. The summed E-state index contributed by atoms with van der Waals surface area (Å²) in [6.45, 7) is 2.21. The molecule has 3 rings (SSSR count). The van der Waals surface area contributed by atoms with E-state index in [1.165, 1.54) is 0 Å². The highest BCUT2D eigenvalue weighted by Gasteiger charge is 2.36. The largest absolute Gasteiger partial charge is 0.544 e. The van der Waals surface area contributed by atoms with Gasteiger partial charge in [-0.05, 0) is 79.3 Å². The van der Waals surface area contributed by atoms with Gasteiger partial charge in [-0.2, -0.15) is 0 Å². The van der Waals surface area contributed by atoms with Crippen LogP contribution in [0.2, 0.25) is 0 Å². The molecule has 1 heterocycles. The van der Waals surface area contributed by atoms with E-state index in [4.69, 9.17) is 0 Å². The third-order valence-corrected chi connectivity index (χ3v) is 7.37. The Hall–Kier alpha value is -0.920. The van der Waals surface area contributed by atoms with Gasteiger partial charge in [0.2, 0.25) is 5.91 Å². The maximum atomic E-state index is 13.4. The molecule has 0 saturated heterocycles. The van der Waals surface area contributed by atoms with Crippen LogP contribution in [0.5, 0.6) is 0 Å². The maximum absolute atomic E-state index is 13.4. The minimum Gasteiger partial charge on any atom is -0.544 e.